The van der Waals surface area contributed by atoms with Gasteiger partial charge >= 0.3 is 0 Å². The van der Waals surface area contributed by atoms with Gasteiger partial charge in [-0.1, -0.05) is 0 Å². The number of hydrogen-bond acceptors (Lipinski definition) is 5. The quantitative estimate of drug-likeness (QED) is 0.570. The number of ether oxygens (including phenoxy) is 1. The molecule has 2 aromatic heterocycles. The number of aldehydes is 1. The first kappa shape index (κ1) is 19.3. The number of carbonyl (C=O) groups is 1. The summed E-state index contributed by atoms with van der Waals surface area (Å²) in [5.41, 5.74) is 0.557. The van der Waals surface area contributed by atoms with Crippen LogP contribution in [-0.4, -0.2) is 30.8 Å². The van der Waals surface area contributed by atoms with Crippen molar-refractivity contribution >= 4 is 16.3 Å². The van der Waals surface area contributed by atoms with E-state index in [4.69, 9.17) is 4.74 Å². The Morgan fingerprint density at radius 1 is 1.21 bits per heavy atom. The van der Waals surface area contributed by atoms with Gasteiger partial charge in [0.15, 0.2) is 6.29 Å². The highest BCUT2D eigenvalue weighted by atomic mass is 32.2. The summed E-state index contributed by atoms with van der Waals surface area (Å²) in [5.74, 6) is -1.52. The van der Waals surface area contributed by atoms with Gasteiger partial charge in [-0.25, -0.2) is 26.2 Å². The second-order valence-corrected chi connectivity index (χ2v) is 8.52. The summed E-state index contributed by atoms with van der Waals surface area (Å²) >= 11 is 0. The zero-order valence-electron chi connectivity index (χ0n) is 15.3. The highest BCUT2D eigenvalue weighted by molar-refractivity contribution is 7.90. The molecule has 0 amide bonds. The third-order valence-corrected chi connectivity index (χ3v) is 6.46. The van der Waals surface area contributed by atoms with Gasteiger partial charge in [0.05, 0.1) is 19.0 Å². The average molecular weight is 418 g/mol. The van der Waals surface area contributed by atoms with Gasteiger partial charge in [0.1, 0.15) is 16.5 Å². The molecule has 29 heavy (non-hydrogen) atoms. The Balaban J connectivity index is 1.99. The van der Waals surface area contributed by atoms with E-state index in [2.05, 4.69) is 4.98 Å². The fourth-order valence-electron chi connectivity index (χ4n) is 3.30. The molecule has 1 aliphatic rings. The molecule has 150 valence electrons. The van der Waals surface area contributed by atoms with Crippen LogP contribution in [0.4, 0.5) is 8.78 Å². The molecule has 0 saturated heterocycles. The number of benzene rings is 1. The predicted octanol–water partition coefficient (Wildman–Crippen LogP) is 3.76. The first-order valence-electron chi connectivity index (χ1n) is 8.78. The monoisotopic (exact) mass is 418 g/mol. The van der Waals surface area contributed by atoms with Crippen LogP contribution in [0.3, 0.4) is 0 Å². The van der Waals surface area contributed by atoms with Gasteiger partial charge < -0.3 is 4.74 Å². The number of rotatable bonds is 6. The Morgan fingerprint density at radius 3 is 2.52 bits per heavy atom. The van der Waals surface area contributed by atoms with Crippen LogP contribution in [0.1, 0.15) is 34.7 Å². The number of nitrogens with zero attached hydrogens (tertiary/aromatic N) is 2. The van der Waals surface area contributed by atoms with Crippen LogP contribution in [0, 0.1) is 11.6 Å². The Kier molecular flexibility index (Phi) is 4.70. The molecule has 0 spiro atoms. The molecule has 1 aliphatic carbocycles. The SMILES string of the molecule is COc1ccc(S(=O)(=O)n2cc(C=O)c(C3CC3)c2-c2ccc(F)cc2F)cn1. The lowest BCUT2D eigenvalue weighted by molar-refractivity contribution is 0.112. The molecule has 0 unspecified atom stereocenters. The summed E-state index contributed by atoms with van der Waals surface area (Å²) in [7, 11) is -2.81. The summed E-state index contributed by atoms with van der Waals surface area (Å²) in [6.45, 7) is 0. The number of methoxy groups -OCH3 is 1. The van der Waals surface area contributed by atoms with Crippen LogP contribution in [0.15, 0.2) is 47.6 Å². The number of pyridine rings is 1. The van der Waals surface area contributed by atoms with E-state index in [1.807, 2.05) is 0 Å². The van der Waals surface area contributed by atoms with Crippen molar-refractivity contribution in [1.29, 1.82) is 0 Å². The summed E-state index contributed by atoms with van der Waals surface area (Å²) in [6, 6.07) is 5.61. The minimum atomic E-state index is -4.21. The van der Waals surface area contributed by atoms with Crippen molar-refractivity contribution in [1.82, 2.24) is 8.96 Å². The minimum Gasteiger partial charge on any atom is -0.481 e. The zero-order valence-corrected chi connectivity index (χ0v) is 16.1. The lowest BCUT2D eigenvalue weighted by Crippen LogP contribution is -2.14. The fourth-order valence-corrected chi connectivity index (χ4v) is 4.64. The first-order valence-corrected chi connectivity index (χ1v) is 10.2. The lowest BCUT2D eigenvalue weighted by atomic mass is 10.0. The normalized spacial score (nSPS) is 14.0. The average Bonchev–Trinajstić information content (AvgIpc) is 3.47. The molecule has 3 aromatic rings. The van der Waals surface area contributed by atoms with Gasteiger partial charge in [0.2, 0.25) is 5.88 Å². The van der Waals surface area contributed by atoms with Crippen LogP contribution in [0.5, 0.6) is 5.88 Å². The maximum absolute atomic E-state index is 14.6. The summed E-state index contributed by atoms with van der Waals surface area (Å²) in [4.78, 5) is 15.4. The summed E-state index contributed by atoms with van der Waals surface area (Å²) < 4.78 is 60.5. The van der Waals surface area contributed by atoms with Crippen LogP contribution < -0.4 is 4.74 Å². The predicted molar refractivity (Wildman–Crippen MR) is 101 cm³/mol. The maximum Gasteiger partial charge on any atom is 0.269 e. The van der Waals surface area contributed by atoms with E-state index in [0.717, 1.165) is 29.1 Å². The van der Waals surface area contributed by atoms with Crippen LogP contribution in [0.25, 0.3) is 11.3 Å². The Morgan fingerprint density at radius 2 is 1.97 bits per heavy atom. The van der Waals surface area contributed by atoms with Gasteiger partial charge in [-0.15, -0.1) is 0 Å². The molecule has 0 atom stereocenters. The third-order valence-electron chi connectivity index (χ3n) is 4.82. The van der Waals surface area contributed by atoms with Crippen molar-refractivity contribution in [2.75, 3.05) is 7.11 Å². The van der Waals surface area contributed by atoms with E-state index in [1.54, 1.807) is 0 Å². The first-order chi connectivity index (χ1) is 13.9. The van der Waals surface area contributed by atoms with Gasteiger partial charge in [0, 0.05) is 29.5 Å². The number of hydrogen-bond donors (Lipinski definition) is 0. The Hall–Kier alpha value is -3.07. The van der Waals surface area contributed by atoms with E-state index in [-0.39, 0.29) is 33.5 Å². The molecule has 1 saturated carbocycles. The molecule has 9 heteroatoms. The molecule has 1 aromatic carbocycles. The van der Waals surface area contributed by atoms with Gasteiger partial charge in [-0.2, -0.15) is 0 Å². The topological polar surface area (TPSA) is 78.3 Å². The second kappa shape index (κ2) is 7.07. The Bertz CT molecular complexity index is 1200. The zero-order chi connectivity index (χ0) is 20.8. The molecule has 1 fully saturated rings. The summed E-state index contributed by atoms with van der Waals surface area (Å²) in [6.07, 6.45) is 4.36. The van der Waals surface area contributed by atoms with Gasteiger partial charge in [-0.3, -0.25) is 4.79 Å². The van der Waals surface area contributed by atoms with Crippen molar-refractivity contribution in [3.63, 3.8) is 0 Å². The molecule has 0 N–H and O–H groups in total. The van der Waals surface area contributed by atoms with Crippen molar-refractivity contribution in [2.45, 2.75) is 23.7 Å². The second-order valence-electron chi connectivity index (χ2n) is 6.70. The van der Waals surface area contributed by atoms with Gasteiger partial charge in [-0.05, 0) is 42.5 Å². The molecular formula is C20H16F2N2O4S. The fraction of sp³-hybridized carbons (Fsp3) is 0.200. The van der Waals surface area contributed by atoms with E-state index in [0.29, 0.717) is 17.9 Å². The van der Waals surface area contributed by atoms with Crippen molar-refractivity contribution in [2.24, 2.45) is 0 Å². The van der Waals surface area contributed by atoms with E-state index < -0.39 is 21.7 Å². The van der Waals surface area contributed by atoms with Crippen molar-refractivity contribution < 1.29 is 26.7 Å². The number of halogens is 2. The van der Waals surface area contributed by atoms with E-state index in [1.165, 1.54) is 31.5 Å². The molecule has 4 rings (SSSR count). The molecule has 0 bridgehead atoms. The summed E-state index contributed by atoms with van der Waals surface area (Å²) in [5, 5.41) is 0. The minimum absolute atomic E-state index is 0.0305. The van der Waals surface area contributed by atoms with Crippen LogP contribution in [0.2, 0.25) is 0 Å². The molecule has 0 radical (unpaired) electrons. The van der Waals surface area contributed by atoms with Crippen molar-refractivity contribution in [3.8, 4) is 17.1 Å². The maximum atomic E-state index is 14.6. The highest BCUT2D eigenvalue weighted by Gasteiger charge is 2.35. The highest BCUT2D eigenvalue weighted by Crippen LogP contribution is 2.47. The number of carbonyl (C=O) groups excluding carboxylic acids is 1. The van der Waals surface area contributed by atoms with E-state index in [9.17, 15) is 22.0 Å². The van der Waals surface area contributed by atoms with Gasteiger partial charge in [0.25, 0.3) is 10.0 Å². The lowest BCUT2D eigenvalue weighted by Gasteiger charge is -2.13. The van der Waals surface area contributed by atoms with Crippen LogP contribution >= 0.6 is 0 Å². The van der Waals surface area contributed by atoms with Crippen LogP contribution in [-0.2, 0) is 10.0 Å². The largest absolute Gasteiger partial charge is 0.481 e. The Labute approximate surface area is 165 Å². The number of aromatic nitrogens is 2. The smallest absolute Gasteiger partial charge is 0.269 e. The molecule has 0 aliphatic heterocycles. The molecule has 6 nitrogen and oxygen atoms in total. The molecule has 2 heterocycles. The third kappa shape index (κ3) is 3.31. The molecular weight excluding hydrogens is 402 g/mol. The standard InChI is InChI=1S/C20H16F2N2O4S/c1-28-18-7-5-15(9-23-18)29(26,27)24-10-13(11-25)19(12-2-3-12)20(24)16-6-4-14(21)8-17(16)22/h4-12H,2-3H2,1H3. The van der Waals surface area contributed by atoms with E-state index >= 15 is 0 Å². The van der Waals surface area contributed by atoms with Crippen molar-refractivity contribution in [3.05, 3.63) is 65.5 Å².